The number of benzene rings is 1. The molecule has 0 heterocycles. The molecule has 1 aromatic carbocycles. The van der Waals surface area contributed by atoms with Crippen LogP contribution in [0.4, 0.5) is 5.69 Å². The average molecular weight is 266 g/mol. The summed E-state index contributed by atoms with van der Waals surface area (Å²) in [4.78, 5) is 23.1. The van der Waals surface area contributed by atoms with Crippen molar-refractivity contribution in [2.45, 2.75) is 19.9 Å². The Hall–Kier alpha value is -1.33. The fraction of sp³-hybridized carbons (Fsp3) is 0.385. The second-order valence-electron chi connectivity index (χ2n) is 4.14. The molecule has 0 aliphatic rings. The molecular weight excluding hydrogens is 248 g/mol. The maximum Gasteiger partial charge on any atom is 0.234 e. The Morgan fingerprint density at radius 1 is 1.39 bits per heavy atom. The first-order valence-corrected chi connectivity index (χ1v) is 6.89. The third-order valence-electron chi connectivity index (χ3n) is 2.19. The van der Waals surface area contributed by atoms with E-state index >= 15 is 0 Å². The predicted octanol–water partition coefficient (Wildman–Crippen LogP) is 1.91. The van der Waals surface area contributed by atoms with Gasteiger partial charge in [0.2, 0.25) is 5.91 Å². The van der Waals surface area contributed by atoms with Crippen LogP contribution in [0.3, 0.4) is 0 Å². The molecule has 1 amide bonds. The largest absolute Gasteiger partial charge is 0.327 e. The van der Waals surface area contributed by atoms with Crippen LogP contribution in [0.25, 0.3) is 0 Å². The highest BCUT2D eigenvalue weighted by Gasteiger charge is 2.09. The van der Waals surface area contributed by atoms with E-state index in [1.807, 2.05) is 6.92 Å². The summed E-state index contributed by atoms with van der Waals surface area (Å²) in [6.07, 6.45) is 0. The molecule has 1 unspecified atom stereocenters. The molecule has 1 atom stereocenters. The van der Waals surface area contributed by atoms with E-state index in [4.69, 9.17) is 5.73 Å². The molecule has 4 nitrogen and oxygen atoms in total. The van der Waals surface area contributed by atoms with Crippen molar-refractivity contribution in [3.8, 4) is 0 Å². The van der Waals surface area contributed by atoms with Gasteiger partial charge in [0.25, 0.3) is 0 Å². The van der Waals surface area contributed by atoms with Gasteiger partial charge < -0.3 is 11.1 Å². The number of carbonyl (C=O) groups excluding carboxylic acids is 2. The first-order chi connectivity index (χ1) is 8.50. The molecule has 0 aromatic heterocycles. The van der Waals surface area contributed by atoms with E-state index in [1.165, 1.54) is 18.7 Å². The molecule has 0 aliphatic carbocycles. The minimum absolute atomic E-state index is 0.0610. The summed E-state index contributed by atoms with van der Waals surface area (Å²) < 4.78 is 0. The van der Waals surface area contributed by atoms with Gasteiger partial charge in [0.1, 0.15) is 0 Å². The van der Waals surface area contributed by atoms with Gasteiger partial charge in [-0.25, -0.2) is 0 Å². The second-order valence-corrected chi connectivity index (χ2v) is 5.17. The summed E-state index contributed by atoms with van der Waals surface area (Å²) in [6.45, 7) is 3.38. The number of anilines is 1. The zero-order chi connectivity index (χ0) is 13.5. The molecular formula is C13H18N2O2S. The topological polar surface area (TPSA) is 72.2 Å². The lowest BCUT2D eigenvalue weighted by Crippen LogP contribution is -2.21. The number of Topliss-reactive ketones (excluding diaryl/α,β-unsaturated/α-hetero) is 1. The number of ketones is 1. The summed E-state index contributed by atoms with van der Waals surface area (Å²) in [6, 6.07) is 7.07. The number of nitrogens with one attached hydrogen (secondary N) is 1. The summed E-state index contributed by atoms with van der Waals surface area (Å²) in [5.41, 5.74) is 6.69. The average Bonchev–Trinajstić information content (AvgIpc) is 2.28. The zero-order valence-corrected chi connectivity index (χ0v) is 11.4. The minimum Gasteiger partial charge on any atom is -0.327 e. The Balaban J connectivity index is 2.56. The number of thioether (sulfide) groups is 1. The fourth-order valence-corrected chi connectivity index (χ4v) is 2.17. The fourth-order valence-electron chi connectivity index (χ4n) is 1.42. The molecule has 0 radical (unpaired) electrons. The van der Waals surface area contributed by atoms with Crippen LogP contribution in [-0.4, -0.2) is 29.2 Å². The summed E-state index contributed by atoms with van der Waals surface area (Å²) in [7, 11) is 0. The van der Waals surface area contributed by atoms with Crippen molar-refractivity contribution in [2.75, 3.05) is 16.8 Å². The molecule has 1 rings (SSSR count). The third kappa shape index (κ3) is 4.89. The first-order valence-electron chi connectivity index (χ1n) is 5.74. The SMILES string of the molecule is CC(=O)c1ccccc1NC(=O)CSCC(C)N. The van der Waals surface area contributed by atoms with Crippen LogP contribution in [-0.2, 0) is 4.79 Å². The second kappa shape index (κ2) is 7.18. The van der Waals surface area contributed by atoms with Crippen LogP contribution in [0.2, 0.25) is 0 Å². The highest BCUT2D eigenvalue weighted by molar-refractivity contribution is 8.00. The van der Waals surface area contributed by atoms with Gasteiger partial charge in [-0.3, -0.25) is 9.59 Å². The van der Waals surface area contributed by atoms with Gasteiger partial charge in [-0.2, -0.15) is 11.8 Å². The molecule has 5 heteroatoms. The van der Waals surface area contributed by atoms with Gasteiger partial charge in [-0.1, -0.05) is 12.1 Å². The summed E-state index contributed by atoms with van der Waals surface area (Å²) in [5.74, 6) is 0.902. The van der Waals surface area contributed by atoms with Crippen LogP contribution < -0.4 is 11.1 Å². The molecule has 3 N–H and O–H groups in total. The van der Waals surface area contributed by atoms with Crippen LogP contribution in [0, 0.1) is 0 Å². The van der Waals surface area contributed by atoms with Crippen molar-refractivity contribution in [3.63, 3.8) is 0 Å². The molecule has 0 spiro atoms. The number of nitrogens with two attached hydrogens (primary N) is 1. The van der Waals surface area contributed by atoms with Crippen molar-refractivity contribution in [1.82, 2.24) is 0 Å². The summed E-state index contributed by atoms with van der Waals surface area (Å²) >= 11 is 1.48. The van der Waals surface area contributed by atoms with Crippen molar-refractivity contribution in [2.24, 2.45) is 5.73 Å². The van der Waals surface area contributed by atoms with E-state index in [2.05, 4.69) is 5.32 Å². The number of hydrogen-bond acceptors (Lipinski definition) is 4. The molecule has 0 saturated carbocycles. The zero-order valence-electron chi connectivity index (χ0n) is 10.6. The summed E-state index contributed by atoms with van der Waals surface area (Å²) in [5, 5.41) is 2.74. The van der Waals surface area contributed by atoms with E-state index < -0.39 is 0 Å². The minimum atomic E-state index is -0.116. The van der Waals surface area contributed by atoms with Gasteiger partial charge in [-0.05, 0) is 26.0 Å². The molecule has 98 valence electrons. The van der Waals surface area contributed by atoms with Crippen molar-refractivity contribution < 1.29 is 9.59 Å². The number of rotatable bonds is 6. The van der Waals surface area contributed by atoms with Crippen LogP contribution in [0.15, 0.2) is 24.3 Å². The van der Waals surface area contributed by atoms with E-state index in [0.717, 1.165) is 5.75 Å². The normalized spacial score (nSPS) is 11.9. The smallest absolute Gasteiger partial charge is 0.234 e. The maximum absolute atomic E-state index is 11.7. The van der Waals surface area contributed by atoms with Crippen molar-refractivity contribution in [1.29, 1.82) is 0 Å². The van der Waals surface area contributed by atoms with Gasteiger partial charge in [0.05, 0.1) is 11.4 Å². The standard InChI is InChI=1S/C13H18N2O2S/c1-9(14)7-18-8-13(17)15-12-6-4-3-5-11(12)10(2)16/h3-6,9H,7-8,14H2,1-2H3,(H,15,17). The molecule has 0 saturated heterocycles. The Morgan fingerprint density at radius 2 is 2.06 bits per heavy atom. The first kappa shape index (κ1) is 14.7. The van der Waals surface area contributed by atoms with E-state index in [1.54, 1.807) is 24.3 Å². The van der Waals surface area contributed by atoms with E-state index in [-0.39, 0.29) is 17.7 Å². The Kier molecular flexibility index (Phi) is 5.88. The lowest BCUT2D eigenvalue weighted by molar-refractivity contribution is -0.113. The van der Waals surface area contributed by atoms with Crippen LogP contribution in [0.1, 0.15) is 24.2 Å². The lowest BCUT2D eigenvalue weighted by atomic mass is 10.1. The third-order valence-corrected chi connectivity index (χ3v) is 3.42. The Labute approximate surface area is 111 Å². The highest BCUT2D eigenvalue weighted by atomic mass is 32.2. The van der Waals surface area contributed by atoms with Crippen molar-refractivity contribution in [3.05, 3.63) is 29.8 Å². The van der Waals surface area contributed by atoms with E-state index in [0.29, 0.717) is 17.0 Å². The number of amides is 1. The molecule has 0 aliphatic heterocycles. The lowest BCUT2D eigenvalue weighted by Gasteiger charge is -2.09. The van der Waals surface area contributed by atoms with Gasteiger partial charge in [0, 0.05) is 17.4 Å². The van der Waals surface area contributed by atoms with E-state index in [9.17, 15) is 9.59 Å². The number of carbonyl (C=O) groups is 2. The van der Waals surface area contributed by atoms with Crippen molar-refractivity contribution >= 4 is 29.1 Å². The van der Waals surface area contributed by atoms with Crippen LogP contribution in [0.5, 0.6) is 0 Å². The number of hydrogen-bond donors (Lipinski definition) is 2. The molecule has 1 aromatic rings. The maximum atomic E-state index is 11.7. The van der Waals surface area contributed by atoms with Crippen LogP contribution >= 0.6 is 11.8 Å². The highest BCUT2D eigenvalue weighted by Crippen LogP contribution is 2.16. The number of para-hydroxylation sites is 1. The van der Waals surface area contributed by atoms with Gasteiger partial charge >= 0.3 is 0 Å². The monoisotopic (exact) mass is 266 g/mol. The molecule has 0 bridgehead atoms. The Bertz CT molecular complexity index is 433. The van der Waals surface area contributed by atoms with Gasteiger partial charge in [0.15, 0.2) is 5.78 Å². The predicted molar refractivity (Wildman–Crippen MR) is 76.1 cm³/mol. The molecule has 18 heavy (non-hydrogen) atoms. The Morgan fingerprint density at radius 3 is 2.67 bits per heavy atom. The molecule has 0 fully saturated rings. The quantitative estimate of drug-likeness (QED) is 0.771. The van der Waals surface area contributed by atoms with Gasteiger partial charge in [-0.15, -0.1) is 0 Å².